The van der Waals surface area contributed by atoms with Crippen LogP contribution in [0.4, 0.5) is 0 Å². The molecule has 1 fully saturated rings. The van der Waals surface area contributed by atoms with Gasteiger partial charge >= 0.3 is 11.9 Å². The van der Waals surface area contributed by atoms with Crippen molar-refractivity contribution in [1.29, 1.82) is 0 Å². The van der Waals surface area contributed by atoms with Gasteiger partial charge < -0.3 is 26.0 Å². The first-order chi connectivity index (χ1) is 8.35. The average molecular weight is 260 g/mol. The molecule has 0 bridgehead atoms. The number of ether oxygens (including phenoxy) is 1. The maximum atomic E-state index is 11.8. The molecule has 0 aromatic rings. The van der Waals surface area contributed by atoms with E-state index in [0.29, 0.717) is 13.0 Å². The minimum atomic E-state index is -1.29. The first kappa shape index (κ1) is 14.4. The molecule has 1 aliphatic heterocycles. The Bertz CT molecular complexity index is 350. The van der Waals surface area contributed by atoms with Crippen LogP contribution in [0.2, 0.25) is 0 Å². The molecule has 0 aromatic heterocycles. The molecule has 8 nitrogen and oxygen atoms in total. The lowest BCUT2D eigenvalue weighted by Crippen LogP contribution is -2.58. The molecule has 1 amide bonds. The summed E-state index contributed by atoms with van der Waals surface area (Å²) in [6.07, 6.45) is -0.219. The van der Waals surface area contributed by atoms with Crippen molar-refractivity contribution < 1.29 is 29.3 Å². The topological polar surface area (TPSA) is 139 Å². The van der Waals surface area contributed by atoms with Crippen molar-refractivity contribution in [3.05, 3.63) is 0 Å². The van der Waals surface area contributed by atoms with E-state index >= 15 is 0 Å². The van der Waals surface area contributed by atoms with Crippen LogP contribution < -0.4 is 11.1 Å². The molecule has 0 saturated carbocycles. The van der Waals surface area contributed by atoms with Crippen LogP contribution >= 0.6 is 0 Å². The van der Waals surface area contributed by atoms with E-state index in [4.69, 9.17) is 20.7 Å². The smallest absolute Gasteiger partial charge is 0.326 e. The molecule has 0 spiro atoms. The van der Waals surface area contributed by atoms with Gasteiger partial charge in [-0.15, -0.1) is 0 Å². The lowest BCUT2D eigenvalue weighted by atomic mass is 9.98. The summed E-state index contributed by atoms with van der Waals surface area (Å²) >= 11 is 0. The molecule has 1 saturated heterocycles. The Hall–Kier alpha value is -1.67. The highest BCUT2D eigenvalue weighted by Gasteiger charge is 2.39. The Morgan fingerprint density at radius 3 is 2.50 bits per heavy atom. The van der Waals surface area contributed by atoms with Gasteiger partial charge in [0.05, 0.1) is 6.61 Å². The quantitative estimate of drug-likeness (QED) is 0.457. The largest absolute Gasteiger partial charge is 0.481 e. The number of hydrogen-bond acceptors (Lipinski definition) is 5. The van der Waals surface area contributed by atoms with Gasteiger partial charge in [0.15, 0.2) is 0 Å². The van der Waals surface area contributed by atoms with Gasteiger partial charge in [-0.25, -0.2) is 4.79 Å². The molecule has 18 heavy (non-hydrogen) atoms. The van der Waals surface area contributed by atoms with E-state index in [9.17, 15) is 14.4 Å². The van der Waals surface area contributed by atoms with Crippen LogP contribution in [0.3, 0.4) is 0 Å². The van der Waals surface area contributed by atoms with E-state index in [2.05, 4.69) is 5.32 Å². The highest BCUT2D eigenvalue weighted by molar-refractivity contribution is 5.90. The molecule has 0 aliphatic carbocycles. The third-order valence-electron chi connectivity index (χ3n) is 2.75. The number of nitrogens with one attached hydrogen (secondary N) is 1. The van der Waals surface area contributed by atoms with Gasteiger partial charge in [0, 0.05) is 13.0 Å². The predicted molar refractivity (Wildman–Crippen MR) is 58.8 cm³/mol. The number of carbonyl (C=O) groups is 3. The summed E-state index contributed by atoms with van der Waals surface area (Å²) in [6.45, 7) is 0.376. The van der Waals surface area contributed by atoms with E-state index in [-0.39, 0.29) is 19.4 Å². The monoisotopic (exact) mass is 260 g/mol. The van der Waals surface area contributed by atoms with Gasteiger partial charge in [0.2, 0.25) is 5.91 Å². The maximum absolute atomic E-state index is 11.8. The van der Waals surface area contributed by atoms with E-state index in [1.54, 1.807) is 0 Å². The number of carboxylic acid groups (broad SMARTS) is 2. The van der Waals surface area contributed by atoms with Crippen molar-refractivity contribution in [3.63, 3.8) is 0 Å². The summed E-state index contributed by atoms with van der Waals surface area (Å²) < 4.78 is 4.99. The number of hydrogen-bond donors (Lipinski definition) is 4. The standard InChI is InChI=1S/C10H16N2O6/c11-10(3-4-18-5-10)9(17)12-6(8(15)16)1-2-7(13)14/h6H,1-5,11H2,(H,12,17)(H,13,14)(H,15,16). The SMILES string of the molecule is NC1(C(=O)NC(CCC(=O)O)C(=O)O)CCOC1. The average Bonchev–Trinajstić information content (AvgIpc) is 2.71. The lowest BCUT2D eigenvalue weighted by molar-refractivity contribution is -0.143. The number of nitrogens with two attached hydrogens (primary N) is 1. The molecular formula is C10H16N2O6. The zero-order chi connectivity index (χ0) is 13.8. The van der Waals surface area contributed by atoms with E-state index in [1.807, 2.05) is 0 Å². The predicted octanol–water partition coefficient (Wildman–Crippen LogP) is -1.46. The van der Waals surface area contributed by atoms with Crippen molar-refractivity contribution in [1.82, 2.24) is 5.32 Å². The Balaban J connectivity index is 2.57. The fraction of sp³-hybridized carbons (Fsp3) is 0.700. The van der Waals surface area contributed by atoms with E-state index in [1.165, 1.54) is 0 Å². The Morgan fingerprint density at radius 1 is 1.39 bits per heavy atom. The number of aliphatic carboxylic acids is 2. The molecule has 0 aromatic carbocycles. The number of carbonyl (C=O) groups excluding carboxylic acids is 1. The molecule has 1 rings (SSSR count). The lowest BCUT2D eigenvalue weighted by Gasteiger charge is -2.23. The molecule has 8 heteroatoms. The highest BCUT2D eigenvalue weighted by atomic mass is 16.5. The summed E-state index contributed by atoms with van der Waals surface area (Å²) in [5.74, 6) is -3.04. The van der Waals surface area contributed by atoms with Crippen molar-refractivity contribution in [2.75, 3.05) is 13.2 Å². The van der Waals surface area contributed by atoms with Gasteiger partial charge in [0.1, 0.15) is 11.6 Å². The summed E-state index contributed by atoms with van der Waals surface area (Å²) in [5, 5.41) is 19.6. The van der Waals surface area contributed by atoms with Crippen LogP contribution in [0.25, 0.3) is 0 Å². The number of rotatable bonds is 6. The molecule has 5 N–H and O–H groups in total. The summed E-state index contributed by atoms with van der Waals surface area (Å²) in [5.41, 5.74) is 4.54. The second-order valence-electron chi connectivity index (χ2n) is 4.26. The van der Waals surface area contributed by atoms with Gasteiger partial charge in [-0.05, 0) is 12.8 Å². The van der Waals surface area contributed by atoms with Crippen LogP contribution in [0.5, 0.6) is 0 Å². The second-order valence-corrected chi connectivity index (χ2v) is 4.26. The molecule has 2 unspecified atom stereocenters. The third kappa shape index (κ3) is 3.67. The normalized spacial score (nSPS) is 24.5. The maximum Gasteiger partial charge on any atom is 0.326 e. The Morgan fingerprint density at radius 2 is 2.06 bits per heavy atom. The molecule has 0 radical (unpaired) electrons. The fourth-order valence-corrected chi connectivity index (χ4v) is 1.59. The minimum absolute atomic E-state index is 0.0318. The zero-order valence-corrected chi connectivity index (χ0v) is 9.72. The highest BCUT2D eigenvalue weighted by Crippen LogP contribution is 2.16. The van der Waals surface area contributed by atoms with E-state index < -0.39 is 29.4 Å². The fourth-order valence-electron chi connectivity index (χ4n) is 1.59. The van der Waals surface area contributed by atoms with Crippen molar-refractivity contribution >= 4 is 17.8 Å². The minimum Gasteiger partial charge on any atom is -0.481 e. The molecule has 1 aliphatic rings. The first-order valence-electron chi connectivity index (χ1n) is 5.47. The van der Waals surface area contributed by atoms with Crippen LogP contribution in [0.15, 0.2) is 0 Å². The van der Waals surface area contributed by atoms with Gasteiger partial charge in [0.25, 0.3) is 0 Å². The zero-order valence-electron chi connectivity index (χ0n) is 9.72. The van der Waals surface area contributed by atoms with Crippen LogP contribution in [-0.2, 0) is 19.1 Å². The van der Waals surface area contributed by atoms with Crippen molar-refractivity contribution in [2.45, 2.75) is 30.8 Å². The molecule has 1 heterocycles. The molecular weight excluding hydrogens is 244 g/mol. The summed E-state index contributed by atoms with van der Waals surface area (Å²) in [4.78, 5) is 33.1. The summed E-state index contributed by atoms with van der Waals surface area (Å²) in [7, 11) is 0. The first-order valence-corrected chi connectivity index (χ1v) is 5.47. The van der Waals surface area contributed by atoms with Crippen LogP contribution in [-0.4, -0.2) is 52.9 Å². The van der Waals surface area contributed by atoms with Crippen LogP contribution in [0, 0.1) is 0 Å². The summed E-state index contributed by atoms with van der Waals surface area (Å²) in [6, 6.07) is -1.25. The second kappa shape index (κ2) is 5.78. The van der Waals surface area contributed by atoms with Crippen molar-refractivity contribution in [2.24, 2.45) is 5.73 Å². The van der Waals surface area contributed by atoms with Crippen molar-refractivity contribution in [3.8, 4) is 0 Å². The van der Waals surface area contributed by atoms with Crippen LogP contribution in [0.1, 0.15) is 19.3 Å². The Kier molecular flexibility index (Phi) is 4.62. The number of amides is 1. The van der Waals surface area contributed by atoms with Gasteiger partial charge in [-0.3, -0.25) is 9.59 Å². The molecule has 2 atom stereocenters. The van der Waals surface area contributed by atoms with E-state index in [0.717, 1.165) is 0 Å². The number of carboxylic acids is 2. The third-order valence-corrected chi connectivity index (χ3v) is 2.75. The molecule has 102 valence electrons. The van der Waals surface area contributed by atoms with Gasteiger partial charge in [-0.1, -0.05) is 0 Å². The van der Waals surface area contributed by atoms with Gasteiger partial charge in [-0.2, -0.15) is 0 Å². The Labute approximate surface area is 103 Å².